The molecular formula is C59H96O14Si. The minimum Gasteiger partial charge on any atom is -0.466 e. The van der Waals surface area contributed by atoms with Crippen molar-refractivity contribution in [3.8, 4) is 0 Å². The molecule has 1 saturated carbocycles. The maximum Gasteiger partial charge on any atom is 0.330 e. The molecular weight excluding hydrogens is 961 g/mol. The second-order valence-corrected chi connectivity index (χ2v) is 28.5. The molecule has 1 N–H and O–H groups in total. The van der Waals surface area contributed by atoms with Gasteiger partial charge in [0, 0.05) is 49.9 Å². The van der Waals surface area contributed by atoms with Gasteiger partial charge in [-0.2, -0.15) is 0 Å². The van der Waals surface area contributed by atoms with E-state index >= 15 is 0 Å². The van der Waals surface area contributed by atoms with E-state index in [2.05, 4.69) is 61.6 Å². The summed E-state index contributed by atoms with van der Waals surface area (Å²) in [5.41, 5.74) is -0.195. The minimum absolute atomic E-state index is 0.00453. The van der Waals surface area contributed by atoms with Crippen LogP contribution in [0.4, 0.5) is 0 Å². The average Bonchev–Trinajstić information content (AvgIpc) is 3.32. The number of carbonyl (C=O) groups is 4. The minimum atomic E-state index is -2.40. The fraction of sp³-hybridized carbons (Fsp3) is 0.763. The Kier molecular flexibility index (Phi) is 25.2. The first-order valence-electron chi connectivity index (χ1n) is 27.8. The summed E-state index contributed by atoms with van der Waals surface area (Å²) >= 11 is 0. The van der Waals surface area contributed by atoms with Crippen molar-refractivity contribution in [3.63, 3.8) is 0 Å². The van der Waals surface area contributed by atoms with Crippen LogP contribution in [0, 0.1) is 23.2 Å². The van der Waals surface area contributed by atoms with Crippen molar-refractivity contribution in [1.29, 1.82) is 0 Å². The maximum atomic E-state index is 14.5. The Labute approximate surface area is 445 Å². The van der Waals surface area contributed by atoms with Crippen molar-refractivity contribution < 1.29 is 66.6 Å². The molecule has 10 atom stereocenters. The number of benzene rings is 1. The van der Waals surface area contributed by atoms with E-state index in [4.69, 9.17) is 42.3 Å². The van der Waals surface area contributed by atoms with Crippen LogP contribution in [-0.2, 0) is 68.1 Å². The van der Waals surface area contributed by atoms with Gasteiger partial charge in [-0.25, -0.2) is 4.79 Å². The molecule has 1 aliphatic carbocycles. The number of unbranched alkanes of at least 4 members (excludes halogenated alkanes) is 4. The standard InChI is InChI=1S/C59H96O14Si/c1-14-15-16-17-21-25-52(61)70-55-46(37-53(62)65-11)36-49(72-59(55,64)57(9,10)31-22-32-60)38-51(44(5)67-41-45-23-19-18-20-24-45)69-54(63)39-48(73-74(12,13)56(6,7)8)29-34-66-33-28-47-30-35-68-58(71-47)40-43(4)26-27-50(58)42(2)3/h18-20,22-24,31-32,37,42-44,47-51,55,64H,14-17,21,25-30,33-36,38-41H2,1-13H3/b31-22+,46-37+/t43-,44-,47-,48-,49+,50+,51-,55+,58?,59-/m1/s1. The Hall–Kier alpha value is -3.28. The first kappa shape index (κ1) is 63.3. The molecule has 1 aromatic carbocycles. The molecule has 74 heavy (non-hydrogen) atoms. The molecule has 4 rings (SSSR count). The summed E-state index contributed by atoms with van der Waals surface area (Å²) in [5.74, 6) is -3.28. The second kappa shape index (κ2) is 29.5. The molecule has 15 heteroatoms. The van der Waals surface area contributed by atoms with Gasteiger partial charge in [0.15, 0.2) is 20.2 Å². The summed E-state index contributed by atoms with van der Waals surface area (Å²) < 4.78 is 57.2. The number of ether oxygens (including phenoxy) is 8. The number of carbonyl (C=O) groups excluding carboxylic acids is 4. The van der Waals surface area contributed by atoms with Gasteiger partial charge in [-0.15, -0.1) is 0 Å². The summed E-state index contributed by atoms with van der Waals surface area (Å²) in [7, 11) is -1.16. The van der Waals surface area contributed by atoms with Gasteiger partial charge in [0.1, 0.15) is 12.4 Å². The van der Waals surface area contributed by atoms with Crippen LogP contribution in [0.2, 0.25) is 18.1 Å². The van der Waals surface area contributed by atoms with Crippen molar-refractivity contribution in [3.05, 3.63) is 59.7 Å². The molecule has 0 bridgehead atoms. The third kappa shape index (κ3) is 18.7. The van der Waals surface area contributed by atoms with E-state index in [0.717, 1.165) is 56.9 Å². The molecule has 14 nitrogen and oxygen atoms in total. The summed E-state index contributed by atoms with van der Waals surface area (Å²) in [6.45, 7) is 26.6. The lowest BCUT2D eigenvalue weighted by atomic mass is 9.72. The number of aliphatic hydroxyl groups is 1. The third-order valence-electron chi connectivity index (χ3n) is 15.9. The highest BCUT2D eigenvalue weighted by Gasteiger charge is 2.58. The van der Waals surface area contributed by atoms with Gasteiger partial charge in [0.25, 0.3) is 0 Å². The zero-order valence-electron chi connectivity index (χ0n) is 47.6. The van der Waals surface area contributed by atoms with Crippen molar-refractivity contribution in [2.75, 3.05) is 26.9 Å². The number of esters is 3. The summed E-state index contributed by atoms with van der Waals surface area (Å²) in [6.07, 6.45) is 9.85. The fourth-order valence-electron chi connectivity index (χ4n) is 10.3. The molecule has 1 spiro atoms. The highest BCUT2D eigenvalue weighted by Crippen LogP contribution is 2.48. The number of methoxy groups -OCH3 is 1. The van der Waals surface area contributed by atoms with Gasteiger partial charge in [-0.1, -0.05) is 131 Å². The van der Waals surface area contributed by atoms with E-state index in [-0.39, 0.29) is 49.0 Å². The highest BCUT2D eigenvalue weighted by atomic mass is 28.4. The van der Waals surface area contributed by atoms with Crippen molar-refractivity contribution in [1.82, 2.24) is 0 Å². The van der Waals surface area contributed by atoms with Gasteiger partial charge in [-0.3, -0.25) is 14.4 Å². The number of allylic oxidation sites excluding steroid dienone is 1. The lowest BCUT2D eigenvalue weighted by molar-refractivity contribution is -0.340. The van der Waals surface area contributed by atoms with Gasteiger partial charge in [0.2, 0.25) is 5.79 Å². The van der Waals surface area contributed by atoms with Crippen LogP contribution < -0.4 is 0 Å². The van der Waals surface area contributed by atoms with E-state index in [0.29, 0.717) is 56.7 Å². The van der Waals surface area contributed by atoms with Crippen molar-refractivity contribution in [2.24, 2.45) is 23.2 Å². The molecule has 2 heterocycles. The number of rotatable bonds is 29. The van der Waals surface area contributed by atoms with Crippen molar-refractivity contribution in [2.45, 2.75) is 238 Å². The molecule has 2 aliphatic heterocycles. The fourth-order valence-corrected chi connectivity index (χ4v) is 11.7. The van der Waals surface area contributed by atoms with Crippen molar-refractivity contribution >= 4 is 32.5 Å². The lowest BCUT2D eigenvalue weighted by Gasteiger charge is -2.51. The van der Waals surface area contributed by atoms with Gasteiger partial charge in [-0.05, 0) is 92.6 Å². The Morgan fingerprint density at radius 2 is 1.65 bits per heavy atom. The van der Waals surface area contributed by atoms with E-state index in [9.17, 15) is 24.3 Å². The Morgan fingerprint density at radius 3 is 2.31 bits per heavy atom. The molecule has 3 aliphatic rings. The van der Waals surface area contributed by atoms with E-state index < -0.39 is 73.7 Å². The molecule has 0 radical (unpaired) electrons. The molecule has 3 fully saturated rings. The van der Waals surface area contributed by atoms with Gasteiger partial charge in [0.05, 0.1) is 51.2 Å². The van der Waals surface area contributed by atoms with Crippen LogP contribution in [0.25, 0.3) is 0 Å². The highest BCUT2D eigenvalue weighted by molar-refractivity contribution is 6.74. The molecule has 420 valence electrons. The van der Waals surface area contributed by atoms with Gasteiger partial charge >= 0.3 is 17.9 Å². The van der Waals surface area contributed by atoms with Crippen LogP contribution in [0.5, 0.6) is 0 Å². The first-order chi connectivity index (χ1) is 34.9. The van der Waals surface area contributed by atoms with E-state index in [1.807, 2.05) is 37.3 Å². The van der Waals surface area contributed by atoms with E-state index in [1.165, 1.54) is 31.8 Å². The van der Waals surface area contributed by atoms with Crippen LogP contribution in [0.1, 0.15) is 171 Å². The largest absolute Gasteiger partial charge is 0.466 e. The molecule has 1 aromatic rings. The smallest absolute Gasteiger partial charge is 0.330 e. The average molecular weight is 1060 g/mol. The summed E-state index contributed by atoms with van der Waals surface area (Å²) in [6, 6.07) is 9.65. The van der Waals surface area contributed by atoms with Crippen LogP contribution in [0.15, 0.2) is 54.1 Å². The summed E-state index contributed by atoms with van der Waals surface area (Å²) in [5, 5.41) is 12.7. The van der Waals surface area contributed by atoms with Crippen LogP contribution >= 0.6 is 0 Å². The molecule has 0 amide bonds. The Balaban J connectivity index is 1.57. The lowest BCUT2D eigenvalue weighted by Crippen LogP contribution is -2.62. The second-order valence-electron chi connectivity index (χ2n) is 23.7. The number of hydrogen-bond acceptors (Lipinski definition) is 14. The maximum absolute atomic E-state index is 14.5. The third-order valence-corrected chi connectivity index (χ3v) is 20.4. The van der Waals surface area contributed by atoms with E-state index in [1.54, 1.807) is 13.8 Å². The summed E-state index contributed by atoms with van der Waals surface area (Å²) in [4.78, 5) is 52.7. The Morgan fingerprint density at radius 1 is 0.932 bits per heavy atom. The number of hydrogen-bond donors (Lipinski definition) is 1. The molecule has 1 unspecified atom stereocenters. The van der Waals surface area contributed by atoms with Crippen LogP contribution in [0.3, 0.4) is 0 Å². The Bertz CT molecular complexity index is 1940. The normalized spacial score (nSPS) is 26.7. The zero-order chi connectivity index (χ0) is 54.7. The SMILES string of the molecule is CCCCCCCC(=O)O[C@H]1/C(=C/C(=O)OC)C[C@@H](C[C@@H](OC(=O)C[C@@H](CCOCC[C@@H]2CCOC3(C[C@H](C)CC[C@H]3C(C)C)O2)O[Si](C)(C)C(C)(C)C)[C@@H](C)OCc2ccccc2)O[C@@]1(O)C(C)(C)/C=C/C=O. The number of aldehydes is 1. The first-order valence-corrected chi connectivity index (χ1v) is 30.7. The molecule has 0 aromatic heterocycles. The van der Waals surface area contributed by atoms with Gasteiger partial charge < -0.3 is 47.4 Å². The predicted octanol–water partition coefficient (Wildman–Crippen LogP) is 11.7. The zero-order valence-corrected chi connectivity index (χ0v) is 48.6. The monoisotopic (exact) mass is 1060 g/mol. The van der Waals surface area contributed by atoms with Crippen LogP contribution in [-0.4, -0.2) is 113 Å². The quantitative estimate of drug-likeness (QED) is 0.0201. The topological polar surface area (TPSA) is 172 Å². The molecule has 2 saturated heterocycles. The predicted molar refractivity (Wildman–Crippen MR) is 288 cm³/mol.